The van der Waals surface area contributed by atoms with Crippen LogP contribution >= 0.6 is 8.58 Å². The smallest absolute Gasteiger partial charge is 0.00698 e. The van der Waals surface area contributed by atoms with Gasteiger partial charge in [-0.05, 0) is 18.1 Å². The van der Waals surface area contributed by atoms with E-state index in [1.165, 1.54) is 75.9 Å². The lowest BCUT2D eigenvalue weighted by Crippen LogP contribution is -2.10. The van der Waals surface area contributed by atoms with Crippen LogP contribution in [-0.4, -0.2) is 6.16 Å². The number of rotatable bonds is 13. The van der Waals surface area contributed by atoms with Crippen molar-refractivity contribution in [3.05, 3.63) is 35.9 Å². The summed E-state index contributed by atoms with van der Waals surface area (Å²) < 4.78 is 0. The molecule has 1 aromatic rings. The summed E-state index contributed by atoms with van der Waals surface area (Å²) in [5.74, 6) is 0. The summed E-state index contributed by atoms with van der Waals surface area (Å²) in [4.78, 5) is 0. The van der Waals surface area contributed by atoms with Gasteiger partial charge in [-0.25, -0.2) is 0 Å². The molecular formula is C21H37P. The molecule has 0 amide bonds. The molecule has 0 aliphatic carbocycles. The second-order valence-corrected chi connectivity index (χ2v) is 9.20. The summed E-state index contributed by atoms with van der Waals surface area (Å²) in [7, 11) is 1.05. The summed E-state index contributed by atoms with van der Waals surface area (Å²) in [5.41, 5.74) is 1.50. The second-order valence-electron chi connectivity index (χ2n) is 7.10. The Hall–Kier alpha value is -0.350. The molecule has 1 heteroatoms. The molecule has 1 aromatic carbocycles. The van der Waals surface area contributed by atoms with Crippen molar-refractivity contribution >= 4 is 8.58 Å². The molecule has 22 heavy (non-hydrogen) atoms. The Morgan fingerprint density at radius 1 is 0.727 bits per heavy atom. The van der Waals surface area contributed by atoms with Gasteiger partial charge >= 0.3 is 0 Å². The molecule has 0 spiro atoms. The van der Waals surface area contributed by atoms with Gasteiger partial charge in [-0.15, -0.1) is 8.58 Å². The molecule has 1 rings (SSSR count). The van der Waals surface area contributed by atoms with Crippen molar-refractivity contribution in [2.24, 2.45) is 0 Å². The molecule has 0 aliphatic rings. The first-order chi connectivity index (χ1) is 10.7. The Morgan fingerprint density at radius 2 is 1.23 bits per heavy atom. The summed E-state index contributed by atoms with van der Waals surface area (Å²) in [6.45, 7) is 7.09. The van der Waals surface area contributed by atoms with Crippen molar-refractivity contribution in [3.8, 4) is 0 Å². The largest absolute Gasteiger partial charge is 0.112 e. The molecule has 0 radical (unpaired) electrons. The summed E-state index contributed by atoms with van der Waals surface area (Å²) in [6, 6.07) is 11.0. The van der Waals surface area contributed by atoms with Crippen LogP contribution in [0.25, 0.3) is 0 Å². The van der Waals surface area contributed by atoms with Crippen molar-refractivity contribution in [2.75, 3.05) is 6.16 Å². The molecule has 126 valence electrons. The van der Waals surface area contributed by atoms with Gasteiger partial charge in [-0.2, -0.15) is 0 Å². The summed E-state index contributed by atoms with van der Waals surface area (Å²) in [5, 5.41) is 0.362. The number of benzene rings is 1. The third-order valence-electron chi connectivity index (χ3n) is 4.59. The standard InChI is InChI=1S/C21H37P/c1-4-5-6-7-8-9-10-11-12-16-19-22-21(2,3)20-17-14-13-15-18-20/h13-15,17-18,22H,4-12,16,19H2,1-3H3. The van der Waals surface area contributed by atoms with Crippen molar-refractivity contribution in [3.63, 3.8) is 0 Å². The highest BCUT2D eigenvalue weighted by Crippen LogP contribution is 2.41. The van der Waals surface area contributed by atoms with Gasteiger partial charge < -0.3 is 0 Å². The van der Waals surface area contributed by atoms with E-state index in [-0.39, 0.29) is 0 Å². The molecule has 0 saturated heterocycles. The first kappa shape index (κ1) is 19.7. The zero-order chi connectivity index (χ0) is 16.1. The van der Waals surface area contributed by atoms with Crippen LogP contribution in [0.5, 0.6) is 0 Å². The van der Waals surface area contributed by atoms with Gasteiger partial charge in [0.1, 0.15) is 0 Å². The first-order valence-electron chi connectivity index (χ1n) is 9.47. The fraction of sp³-hybridized carbons (Fsp3) is 0.714. The zero-order valence-corrected chi connectivity index (χ0v) is 16.2. The van der Waals surface area contributed by atoms with Crippen LogP contribution in [0.3, 0.4) is 0 Å². The predicted octanol–water partition coefficient (Wildman–Crippen LogP) is 7.52. The highest BCUT2D eigenvalue weighted by Gasteiger charge is 2.18. The lowest BCUT2D eigenvalue weighted by molar-refractivity contribution is 0.562. The topological polar surface area (TPSA) is 0 Å². The molecule has 0 aliphatic heterocycles. The van der Waals surface area contributed by atoms with Gasteiger partial charge in [0.2, 0.25) is 0 Å². The maximum Gasteiger partial charge on any atom is 0.00698 e. The van der Waals surface area contributed by atoms with Gasteiger partial charge in [0.25, 0.3) is 0 Å². The van der Waals surface area contributed by atoms with E-state index in [4.69, 9.17) is 0 Å². The van der Waals surface area contributed by atoms with Crippen molar-refractivity contribution < 1.29 is 0 Å². The van der Waals surface area contributed by atoms with Crippen LogP contribution in [0.2, 0.25) is 0 Å². The summed E-state index contributed by atoms with van der Waals surface area (Å²) in [6.07, 6.45) is 15.8. The van der Waals surface area contributed by atoms with Gasteiger partial charge in [-0.3, -0.25) is 0 Å². The van der Waals surface area contributed by atoms with Crippen molar-refractivity contribution in [2.45, 2.75) is 90.1 Å². The SMILES string of the molecule is CCCCCCCCCCCCPC(C)(C)c1ccccc1. The van der Waals surface area contributed by atoms with E-state index in [1.807, 2.05) is 0 Å². The molecule has 0 heterocycles. The fourth-order valence-electron chi connectivity index (χ4n) is 2.97. The van der Waals surface area contributed by atoms with Gasteiger partial charge in [0.05, 0.1) is 0 Å². The third-order valence-corrected chi connectivity index (χ3v) is 6.37. The maximum atomic E-state index is 2.40. The maximum absolute atomic E-state index is 2.40. The van der Waals surface area contributed by atoms with E-state index in [2.05, 4.69) is 51.1 Å². The van der Waals surface area contributed by atoms with Crippen LogP contribution < -0.4 is 0 Å². The van der Waals surface area contributed by atoms with E-state index >= 15 is 0 Å². The number of hydrogen-bond donors (Lipinski definition) is 0. The van der Waals surface area contributed by atoms with Crippen molar-refractivity contribution in [1.82, 2.24) is 0 Å². The molecule has 0 fully saturated rings. The highest BCUT2D eigenvalue weighted by atomic mass is 31.1. The Labute approximate surface area is 141 Å². The molecule has 1 atom stereocenters. The lowest BCUT2D eigenvalue weighted by Gasteiger charge is -2.25. The Morgan fingerprint density at radius 3 is 1.77 bits per heavy atom. The van der Waals surface area contributed by atoms with Crippen LogP contribution in [0.1, 0.15) is 90.5 Å². The average molecular weight is 321 g/mol. The number of hydrogen-bond acceptors (Lipinski definition) is 0. The third kappa shape index (κ3) is 8.94. The number of unbranched alkanes of at least 4 members (excludes halogenated alkanes) is 9. The minimum Gasteiger partial charge on any atom is -0.112 e. The van der Waals surface area contributed by atoms with E-state index in [1.54, 1.807) is 0 Å². The minimum absolute atomic E-state index is 0.362. The van der Waals surface area contributed by atoms with E-state index in [0.717, 1.165) is 8.58 Å². The van der Waals surface area contributed by atoms with Crippen LogP contribution in [0, 0.1) is 0 Å². The van der Waals surface area contributed by atoms with E-state index < -0.39 is 0 Å². The molecule has 1 unspecified atom stereocenters. The highest BCUT2D eigenvalue weighted by molar-refractivity contribution is 7.39. The van der Waals surface area contributed by atoms with Crippen LogP contribution in [-0.2, 0) is 5.16 Å². The first-order valence-corrected chi connectivity index (χ1v) is 10.7. The Kier molecular flexibility index (Phi) is 10.9. The average Bonchev–Trinajstić information content (AvgIpc) is 2.53. The molecule has 0 saturated carbocycles. The molecule has 0 bridgehead atoms. The molecule has 0 aromatic heterocycles. The molecular weight excluding hydrogens is 283 g/mol. The Balaban J connectivity index is 1.97. The monoisotopic (exact) mass is 320 g/mol. The quantitative estimate of drug-likeness (QED) is 0.260. The van der Waals surface area contributed by atoms with Crippen molar-refractivity contribution in [1.29, 1.82) is 0 Å². The van der Waals surface area contributed by atoms with Gasteiger partial charge in [-0.1, -0.05) is 109 Å². The normalized spacial score (nSPS) is 12.3. The van der Waals surface area contributed by atoms with Crippen LogP contribution in [0.15, 0.2) is 30.3 Å². The zero-order valence-electron chi connectivity index (χ0n) is 15.2. The minimum atomic E-state index is 0.362. The lowest BCUT2D eigenvalue weighted by atomic mass is 10.0. The van der Waals surface area contributed by atoms with E-state index in [0.29, 0.717) is 5.16 Å². The van der Waals surface area contributed by atoms with Crippen LogP contribution in [0.4, 0.5) is 0 Å². The van der Waals surface area contributed by atoms with E-state index in [9.17, 15) is 0 Å². The Bertz CT molecular complexity index is 355. The van der Waals surface area contributed by atoms with Gasteiger partial charge in [0.15, 0.2) is 0 Å². The fourth-order valence-corrected chi connectivity index (χ4v) is 4.39. The van der Waals surface area contributed by atoms with Gasteiger partial charge in [0, 0.05) is 5.16 Å². The molecule has 0 nitrogen and oxygen atoms in total. The molecule has 0 N–H and O–H groups in total. The predicted molar refractivity (Wildman–Crippen MR) is 104 cm³/mol. The second kappa shape index (κ2) is 12.1. The summed E-state index contributed by atoms with van der Waals surface area (Å²) >= 11 is 0.